The first-order valence-electron chi connectivity index (χ1n) is 11.6. The number of rotatable bonds is 11. The van der Waals surface area contributed by atoms with Crippen LogP contribution in [-0.2, 0) is 5.41 Å². The minimum Gasteiger partial charge on any atom is -0.492 e. The number of ether oxygens (including phenoxy) is 2. The minimum atomic E-state index is -0.491. The Morgan fingerprint density at radius 3 is 2.36 bits per heavy atom. The number of piperazine rings is 1. The van der Waals surface area contributed by atoms with E-state index in [1.54, 1.807) is 0 Å². The maximum atomic E-state index is 10.3. The molecule has 0 aromatic heterocycles. The van der Waals surface area contributed by atoms with Crippen LogP contribution in [0.5, 0.6) is 11.5 Å². The first-order chi connectivity index (χ1) is 15.8. The highest BCUT2D eigenvalue weighted by atomic mass is 123. The molecule has 1 aliphatic rings. The SMILES string of the molecule is CC(CCl)COc1ccc(C(C)(C)c2ccc(OCC(O)CN3CCNCC3)cc2)cc1[123I]. The number of benzene rings is 2. The molecule has 1 aliphatic heterocycles. The third-order valence-corrected chi connectivity index (χ3v) is 7.51. The molecule has 0 amide bonds. The Morgan fingerprint density at radius 2 is 1.73 bits per heavy atom. The van der Waals surface area contributed by atoms with Gasteiger partial charge in [0.25, 0.3) is 0 Å². The summed E-state index contributed by atoms with van der Waals surface area (Å²) in [6, 6.07) is 14.6. The molecule has 0 aliphatic carbocycles. The first-order valence-corrected chi connectivity index (χ1v) is 13.2. The van der Waals surface area contributed by atoms with Crippen LogP contribution in [0.4, 0.5) is 0 Å². The number of hydrogen-bond acceptors (Lipinski definition) is 5. The van der Waals surface area contributed by atoms with Crippen LogP contribution in [0.2, 0.25) is 0 Å². The molecule has 1 heterocycles. The summed E-state index contributed by atoms with van der Waals surface area (Å²) in [5, 5.41) is 13.6. The van der Waals surface area contributed by atoms with Crippen molar-refractivity contribution in [3.63, 3.8) is 0 Å². The summed E-state index contributed by atoms with van der Waals surface area (Å²) in [7, 11) is 0. The Labute approximate surface area is 216 Å². The lowest BCUT2D eigenvalue weighted by Crippen LogP contribution is -2.47. The van der Waals surface area contributed by atoms with Gasteiger partial charge >= 0.3 is 0 Å². The zero-order valence-corrected chi connectivity index (χ0v) is 22.7. The summed E-state index contributed by atoms with van der Waals surface area (Å²) in [5.74, 6) is 2.59. The number of nitrogens with one attached hydrogen (secondary N) is 1. The molecule has 2 aromatic carbocycles. The smallest absolute Gasteiger partial charge is 0.132 e. The molecule has 2 unspecified atom stereocenters. The van der Waals surface area contributed by atoms with E-state index in [0.29, 0.717) is 31.6 Å². The normalized spacial score (nSPS) is 16.9. The molecule has 2 atom stereocenters. The third-order valence-electron chi connectivity index (χ3n) is 6.14. The van der Waals surface area contributed by atoms with Crippen LogP contribution < -0.4 is 14.8 Å². The van der Waals surface area contributed by atoms with E-state index < -0.39 is 6.10 Å². The van der Waals surface area contributed by atoms with E-state index in [9.17, 15) is 5.11 Å². The van der Waals surface area contributed by atoms with Gasteiger partial charge < -0.3 is 19.9 Å². The maximum Gasteiger partial charge on any atom is 0.132 e. The number of aliphatic hydroxyl groups excluding tert-OH is 1. The number of aliphatic hydroxyl groups is 1. The molecule has 0 bridgehead atoms. The number of alkyl halides is 1. The monoisotopic (exact) mass is 582 g/mol. The molecule has 1 saturated heterocycles. The molecule has 182 valence electrons. The van der Waals surface area contributed by atoms with Gasteiger partial charge in [-0.2, -0.15) is 0 Å². The quantitative estimate of drug-likeness (QED) is 0.302. The highest BCUT2D eigenvalue weighted by molar-refractivity contribution is 14.1. The topological polar surface area (TPSA) is 54.0 Å². The molecule has 2 N–H and O–H groups in total. The van der Waals surface area contributed by atoms with Gasteiger partial charge in [-0.05, 0) is 58.0 Å². The highest BCUT2D eigenvalue weighted by Crippen LogP contribution is 2.35. The molecule has 0 radical (unpaired) electrons. The van der Waals surface area contributed by atoms with Crippen LogP contribution in [0.1, 0.15) is 31.9 Å². The average molecular weight is 583 g/mol. The lowest BCUT2D eigenvalue weighted by atomic mass is 9.78. The van der Waals surface area contributed by atoms with E-state index in [-0.39, 0.29) is 5.41 Å². The van der Waals surface area contributed by atoms with Crippen molar-refractivity contribution in [2.75, 3.05) is 51.8 Å². The molecule has 33 heavy (non-hydrogen) atoms. The number of nitrogens with zero attached hydrogens (tertiary/aromatic N) is 1. The molecular weight excluding hydrogens is 547 g/mol. The fourth-order valence-corrected chi connectivity index (χ4v) is 4.61. The van der Waals surface area contributed by atoms with Crippen molar-refractivity contribution in [3.05, 3.63) is 57.2 Å². The van der Waals surface area contributed by atoms with Gasteiger partial charge in [0.1, 0.15) is 24.2 Å². The van der Waals surface area contributed by atoms with Gasteiger partial charge in [0.05, 0.1) is 10.2 Å². The molecule has 3 rings (SSSR count). The highest BCUT2D eigenvalue weighted by Gasteiger charge is 2.24. The largest absolute Gasteiger partial charge is 0.492 e. The standard InChI is InChI=1S/C26H36ClIN2O3/c1-19(15-27)17-33-25-9-6-21(14-24(25)28)26(2,3)20-4-7-23(8-5-20)32-18-22(31)16-30-12-10-29-11-13-30/h4-9,14,19,22,29,31H,10-13,15-18H2,1-3H3/i28-4. The molecular formula is C26H36ClIN2O3. The Hall–Kier alpha value is -1.06. The molecule has 7 heteroatoms. The van der Waals surface area contributed by atoms with Crippen molar-refractivity contribution in [2.45, 2.75) is 32.3 Å². The van der Waals surface area contributed by atoms with Gasteiger partial charge in [0.2, 0.25) is 0 Å². The summed E-state index contributed by atoms with van der Waals surface area (Å²) in [4.78, 5) is 2.27. The summed E-state index contributed by atoms with van der Waals surface area (Å²) < 4.78 is 12.9. The maximum absolute atomic E-state index is 10.3. The van der Waals surface area contributed by atoms with E-state index in [1.807, 2.05) is 12.1 Å². The zero-order chi connectivity index (χ0) is 23.8. The summed E-state index contributed by atoms with van der Waals surface area (Å²) in [5.41, 5.74) is 2.27. The van der Waals surface area contributed by atoms with Gasteiger partial charge in [-0.25, -0.2) is 0 Å². The lowest BCUT2D eigenvalue weighted by Gasteiger charge is -2.29. The van der Waals surface area contributed by atoms with Crippen molar-refractivity contribution in [3.8, 4) is 11.5 Å². The Morgan fingerprint density at radius 1 is 1.06 bits per heavy atom. The van der Waals surface area contributed by atoms with E-state index in [2.05, 4.69) is 83.9 Å². The van der Waals surface area contributed by atoms with Crippen molar-refractivity contribution in [1.29, 1.82) is 0 Å². The van der Waals surface area contributed by atoms with Crippen LogP contribution >= 0.6 is 34.2 Å². The minimum absolute atomic E-state index is 0.164. The van der Waals surface area contributed by atoms with Gasteiger partial charge in [0.15, 0.2) is 0 Å². The number of β-amino-alcohol motifs (C(OH)–C–C–N with tert-alkyl or cyclic N) is 1. The second-order valence-corrected chi connectivity index (χ2v) is 10.9. The van der Waals surface area contributed by atoms with Gasteiger partial charge in [0, 0.05) is 49.9 Å². The van der Waals surface area contributed by atoms with Crippen LogP contribution in [0.15, 0.2) is 42.5 Å². The Kier molecular flexibility index (Phi) is 10.1. The molecule has 0 saturated carbocycles. The fraction of sp³-hybridized carbons (Fsp3) is 0.538. The van der Waals surface area contributed by atoms with Crippen molar-refractivity contribution < 1.29 is 14.6 Å². The third kappa shape index (κ3) is 7.72. The Balaban J connectivity index is 1.57. The van der Waals surface area contributed by atoms with Crippen molar-refractivity contribution in [1.82, 2.24) is 10.2 Å². The number of halogens is 2. The van der Waals surface area contributed by atoms with Crippen LogP contribution in [-0.4, -0.2) is 67.9 Å². The van der Waals surface area contributed by atoms with Crippen LogP contribution in [0.3, 0.4) is 0 Å². The van der Waals surface area contributed by atoms with Gasteiger partial charge in [-0.1, -0.05) is 39.0 Å². The second kappa shape index (κ2) is 12.6. The Bertz CT molecular complexity index is 872. The van der Waals surface area contributed by atoms with E-state index in [1.165, 1.54) is 11.1 Å². The fourth-order valence-electron chi connectivity index (χ4n) is 3.85. The van der Waals surface area contributed by atoms with Crippen LogP contribution in [0, 0.1) is 9.49 Å². The summed E-state index contributed by atoms with van der Waals surface area (Å²) >= 11 is 8.23. The second-order valence-electron chi connectivity index (χ2n) is 9.38. The lowest BCUT2D eigenvalue weighted by molar-refractivity contribution is 0.0641. The van der Waals surface area contributed by atoms with E-state index in [4.69, 9.17) is 21.1 Å². The molecule has 5 nitrogen and oxygen atoms in total. The van der Waals surface area contributed by atoms with Crippen LogP contribution in [0.25, 0.3) is 0 Å². The van der Waals surface area contributed by atoms with Gasteiger partial charge in [-0.3, -0.25) is 4.90 Å². The zero-order valence-electron chi connectivity index (χ0n) is 19.8. The predicted molar refractivity (Wildman–Crippen MR) is 144 cm³/mol. The van der Waals surface area contributed by atoms with Crippen molar-refractivity contribution in [2.24, 2.45) is 5.92 Å². The predicted octanol–water partition coefficient (Wildman–Crippen LogP) is 4.52. The molecule has 1 fully saturated rings. The summed E-state index contributed by atoms with van der Waals surface area (Å²) in [6.07, 6.45) is -0.491. The average Bonchev–Trinajstić information content (AvgIpc) is 2.82. The first kappa shape index (κ1) is 26.5. The number of hydrogen-bond donors (Lipinski definition) is 2. The summed E-state index contributed by atoms with van der Waals surface area (Å²) in [6.45, 7) is 12.0. The van der Waals surface area contributed by atoms with Gasteiger partial charge in [-0.15, -0.1) is 11.6 Å². The van der Waals surface area contributed by atoms with E-state index >= 15 is 0 Å². The van der Waals surface area contributed by atoms with E-state index in [0.717, 1.165) is 41.2 Å². The molecule has 0 spiro atoms. The molecule has 2 aromatic rings. The van der Waals surface area contributed by atoms with Crippen molar-refractivity contribution >= 4 is 34.2 Å².